The van der Waals surface area contributed by atoms with E-state index in [1.54, 1.807) is 6.20 Å². The highest BCUT2D eigenvalue weighted by Crippen LogP contribution is 2.34. The van der Waals surface area contributed by atoms with Crippen LogP contribution in [0.25, 0.3) is 11.3 Å². The van der Waals surface area contributed by atoms with Crippen LogP contribution in [0, 0.1) is 0 Å². The second-order valence-corrected chi connectivity index (χ2v) is 3.70. The highest BCUT2D eigenvalue weighted by Gasteiger charge is 2.17. The van der Waals surface area contributed by atoms with Crippen LogP contribution in [0.15, 0.2) is 35.4 Å². The highest BCUT2D eigenvalue weighted by molar-refractivity contribution is 5.69. The van der Waals surface area contributed by atoms with Crippen molar-refractivity contribution in [1.82, 2.24) is 9.97 Å². The number of aromatic nitrogens is 2. The zero-order chi connectivity index (χ0) is 11.0. The number of nitrogens with zero attached hydrogens (tertiary/aromatic N) is 1. The van der Waals surface area contributed by atoms with Gasteiger partial charge in [-0.25, -0.2) is 0 Å². The van der Waals surface area contributed by atoms with Crippen molar-refractivity contribution in [2.45, 2.75) is 6.42 Å². The average Bonchev–Trinajstić information content (AvgIpc) is 2.76. The van der Waals surface area contributed by atoms with Crippen LogP contribution in [0.1, 0.15) is 5.56 Å². The minimum atomic E-state index is -0.201. The van der Waals surface area contributed by atoms with Gasteiger partial charge in [-0.3, -0.25) is 9.78 Å². The molecule has 2 heterocycles. The molecular formula is C12H10N2O2. The second-order valence-electron chi connectivity index (χ2n) is 3.70. The van der Waals surface area contributed by atoms with Gasteiger partial charge in [0.2, 0.25) is 0 Å². The van der Waals surface area contributed by atoms with Crippen molar-refractivity contribution in [3.8, 4) is 17.0 Å². The van der Waals surface area contributed by atoms with Crippen LogP contribution < -0.4 is 10.3 Å². The van der Waals surface area contributed by atoms with E-state index in [9.17, 15) is 4.79 Å². The summed E-state index contributed by atoms with van der Waals surface area (Å²) in [6.45, 7) is 0.705. The molecule has 16 heavy (non-hydrogen) atoms. The van der Waals surface area contributed by atoms with E-state index in [0.717, 1.165) is 17.7 Å². The van der Waals surface area contributed by atoms with Crippen LogP contribution in [0.4, 0.5) is 0 Å². The number of para-hydroxylation sites is 1. The van der Waals surface area contributed by atoms with Gasteiger partial charge >= 0.3 is 0 Å². The molecule has 2 aromatic rings. The summed E-state index contributed by atoms with van der Waals surface area (Å²) in [5, 5.41) is 0. The molecule has 0 radical (unpaired) electrons. The number of hydrogen-bond acceptors (Lipinski definition) is 3. The first-order valence-corrected chi connectivity index (χ1v) is 5.14. The summed E-state index contributed by atoms with van der Waals surface area (Å²) in [5.41, 5.74) is 2.58. The molecule has 0 bridgehead atoms. The molecule has 0 saturated carbocycles. The van der Waals surface area contributed by atoms with E-state index in [0.29, 0.717) is 12.3 Å². The smallest absolute Gasteiger partial charge is 0.266 e. The Bertz CT molecular complexity index is 590. The van der Waals surface area contributed by atoms with Gasteiger partial charge in [0.15, 0.2) is 0 Å². The first-order valence-electron chi connectivity index (χ1n) is 5.14. The first-order chi connectivity index (χ1) is 7.84. The summed E-state index contributed by atoms with van der Waals surface area (Å²) in [6, 6.07) is 5.94. The van der Waals surface area contributed by atoms with E-state index < -0.39 is 0 Å². The third-order valence-corrected chi connectivity index (χ3v) is 2.66. The number of rotatable bonds is 1. The van der Waals surface area contributed by atoms with Crippen molar-refractivity contribution in [2.24, 2.45) is 0 Å². The fraction of sp³-hybridized carbons (Fsp3) is 0.167. The summed E-state index contributed by atoms with van der Waals surface area (Å²) >= 11 is 0. The van der Waals surface area contributed by atoms with Gasteiger partial charge in [0.05, 0.1) is 24.7 Å². The zero-order valence-corrected chi connectivity index (χ0v) is 8.56. The molecule has 0 saturated heterocycles. The SMILES string of the molecule is O=c1cncc(-c2cccc3c2OCC3)[nH]1. The van der Waals surface area contributed by atoms with E-state index in [-0.39, 0.29) is 5.56 Å². The van der Waals surface area contributed by atoms with Crippen LogP contribution in [0.3, 0.4) is 0 Å². The summed E-state index contributed by atoms with van der Waals surface area (Å²) in [6.07, 6.45) is 3.82. The van der Waals surface area contributed by atoms with E-state index in [4.69, 9.17) is 4.74 Å². The molecule has 1 aliphatic rings. The molecule has 4 heteroatoms. The topological polar surface area (TPSA) is 55.0 Å². The Morgan fingerprint density at radius 2 is 2.25 bits per heavy atom. The number of nitrogens with one attached hydrogen (secondary N) is 1. The number of aromatic amines is 1. The van der Waals surface area contributed by atoms with Crippen molar-refractivity contribution < 1.29 is 4.74 Å². The maximum Gasteiger partial charge on any atom is 0.266 e. The normalized spacial score (nSPS) is 13.2. The van der Waals surface area contributed by atoms with Crippen LogP contribution in [-0.2, 0) is 6.42 Å². The lowest BCUT2D eigenvalue weighted by molar-refractivity contribution is 0.358. The number of benzene rings is 1. The first kappa shape index (κ1) is 9.15. The van der Waals surface area contributed by atoms with Gasteiger partial charge in [-0.2, -0.15) is 0 Å². The van der Waals surface area contributed by atoms with Crippen molar-refractivity contribution in [3.63, 3.8) is 0 Å². The standard InChI is InChI=1S/C12H10N2O2/c15-11-7-13-6-10(14-11)9-3-1-2-8-4-5-16-12(8)9/h1-3,6-7H,4-5H2,(H,14,15). The maximum atomic E-state index is 11.2. The summed E-state index contributed by atoms with van der Waals surface area (Å²) in [4.78, 5) is 17.8. The lowest BCUT2D eigenvalue weighted by Gasteiger charge is -2.06. The largest absolute Gasteiger partial charge is 0.492 e. The summed E-state index contributed by atoms with van der Waals surface area (Å²) in [7, 11) is 0. The van der Waals surface area contributed by atoms with Gasteiger partial charge < -0.3 is 9.72 Å². The van der Waals surface area contributed by atoms with Gasteiger partial charge in [0.25, 0.3) is 5.56 Å². The number of H-pyrrole nitrogens is 1. The lowest BCUT2D eigenvalue weighted by Crippen LogP contribution is -2.06. The Kier molecular flexibility index (Phi) is 1.99. The van der Waals surface area contributed by atoms with Gasteiger partial charge in [0, 0.05) is 12.0 Å². The zero-order valence-electron chi connectivity index (χ0n) is 8.56. The molecule has 1 aliphatic heterocycles. The van der Waals surface area contributed by atoms with Crippen LogP contribution in [-0.4, -0.2) is 16.6 Å². The van der Waals surface area contributed by atoms with E-state index in [1.807, 2.05) is 18.2 Å². The molecule has 1 aromatic carbocycles. The molecule has 4 nitrogen and oxygen atoms in total. The Balaban J connectivity index is 2.21. The molecule has 0 atom stereocenters. The van der Waals surface area contributed by atoms with Crippen molar-refractivity contribution >= 4 is 0 Å². The van der Waals surface area contributed by atoms with Gasteiger partial charge in [-0.15, -0.1) is 0 Å². The van der Waals surface area contributed by atoms with E-state index in [1.165, 1.54) is 11.8 Å². The maximum absolute atomic E-state index is 11.2. The lowest BCUT2D eigenvalue weighted by atomic mass is 10.1. The third-order valence-electron chi connectivity index (χ3n) is 2.66. The molecule has 1 aromatic heterocycles. The predicted octanol–water partition coefficient (Wildman–Crippen LogP) is 1.37. The van der Waals surface area contributed by atoms with Crippen LogP contribution >= 0.6 is 0 Å². The highest BCUT2D eigenvalue weighted by atomic mass is 16.5. The van der Waals surface area contributed by atoms with Crippen molar-refractivity contribution in [2.75, 3.05) is 6.61 Å². The molecular weight excluding hydrogens is 204 g/mol. The Morgan fingerprint density at radius 3 is 3.12 bits per heavy atom. The third kappa shape index (κ3) is 1.39. The molecule has 0 aliphatic carbocycles. The molecule has 0 spiro atoms. The number of fused-ring (bicyclic) bond motifs is 1. The Hall–Kier alpha value is -2.10. The van der Waals surface area contributed by atoms with Crippen LogP contribution in [0.2, 0.25) is 0 Å². The predicted molar refractivity (Wildman–Crippen MR) is 59.5 cm³/mol. The van der Waals surface area contributed by atoms with Gasteiger partial charge in [0.1, 0.15) is 5.75 Å². The molecule has 80 valence electrons. The minimum Gasteiger partial charge on any atom is -0.492 e. The Labute approximate surface area is 91.9 Å². The Morgan fingerprint density at radius 1 is 1.31 bits per heavy atom. The number of ether oxygens (including phenoxy) is 1. The molecule has 3 rings (SSSR count). The van der Waals surface area contributed by atoms with Crippen molar-refractivity contribution in [3.05, 3.63) is 46.5 Å². The van der Waals surface area contributed by atoms with Crippen molar-refractivity contribution in [1.29, 1.82) is 0 Å². The summed E-state index contributed by atoms with van der Waals surface area (Å²) in [5.74, 6) is 0.867. The monoisotopic (exact) mass is 214 g/mol. The van der Waals surface area contributed by atoms with Gasteiger partial charge in [-0.05, 0) is 11.6 Å². The summed E-state index contributed by atoms with van der Waals surface area (Å²) < 4.78 is 5.57. The molecule has 0 fully saturated rings. The molecule has 1 N–H and O–H groups in total. The minimum absolute atomic E-state index is 0.201. The fourth-order valence-corrected chi connectivity index (χ4v) is 1.94. The quantitative estimate of drug-likeness (QED) is 0.780. The molecule has 0 unspecified atom stereocenters. The number of hydrogen-bond donors (Lipinski definition) is 1. The average molecular weight is 214 g/mol. The fourth-order valence-electron chi connectivity index (χ4n) is 1.94. The van der Waals surface area contributed by atoms with E-state index >= 15 is 0 Å². The van der Waals surface area contributed by atoms with Gasteiger partial charge in [-0.1, -0.05) is 12.1 Å². The second kappa shape index (κ2) is 3.48. The van der Waals surface area contributed by atoms with E-state index in [2.05, 4.69) is 9.97 Å². The molecule has 0 amide bonds. The van der Waals surface area contributed by atoms with Crippen LogP contribution in [0.5, 0.6) is 5.75 Å².